The van der Waals surface area contributed by atoms with Crippen LogP contribution in [-0.2, 0) is 10.3 Å². The van der Waals surface area contributed by atoms with Crippen LogP contribution < -0.4 is 5.32 Å². The number of morpholine rings is 1. The number of nitrogens with one attached hydrogen (secondary N) is 1. The molecule has 2 atom stereocenters. The van der Waals surface area contributed by atoms with Gasteiger partial charge in [-0.05, 0) is 29.7 Å². The number of aliphatic hydroxyl groups excluding tert-OH is 1. The van der Waals surface area contributed by atoms with Gasteiger partial charge in [-0.25, -0.2) is 0 Å². The second kappa shape index (κ2) is 6.50. The van der Waals surface area contributed by atoms with Crippen LogP contribution in [0.5, 0.6) is 0 Å². The van der Waals surface area contributed by atoms with Crippen LogP contribution in [0.25, 0.3) is 11.1 Å². The molecular formula is C18H20BrNO2. The second-order valence-electron chi connectivity index (χ2n) is 5.62. The summed E-state index contributed by atoms with van der Waals surface area (Å²) in [4.78, 5) is 0. The molecule has 0 bridgehead atoms. The fourth-order valence-corrected chi connectivity index (χ4v) is 3.56. The molecule has 0 aromatic heterocycles. The zero-order chi connectivity index (χ0) is 15.6. The molecule has 22 heavy (non-hydrogen) atoms. The van der Waals surface area contributed by atoms with Gasteiger partial charge in [0.05, 0.1) is 12.7 Å². The average Bonchev–Trinajstić information content (AvgIpc) is 2.56. The van der Waals surface area contributed by atoms with Crippen LogP contribution in [0.3, 0.4) is 0 Å². The van der Waals surface area contributed by atoms with Crippen LogP contribution in [0, 0.1) is 0 Å². The molecule has 1 fully saturated rings. The van der Waals surface area contributed by atoms with Crippen molar-refractivity contribution in [1.82, 2.24) is 5.32 Å². The molecule has 0 spiro atoms. The Morgan fingerprint density at radius 3 is 2.45 bits per heavy atom. The van der Waals surface area contributed by atoms with E-state index in [0.717, 1.165) is 27.7 Å². The normalized spacial score (nSPS) is 23.2. The molecule has 1 aliphatic heterocycles. The van der Waals surface area contributed by atoms with Crippen molar-refractivity contribution in [2.24, 2.45) is 0 Å². The minimum absolute atomic E-state index is 0.592. The highest BCUT2D eigenvalue weighted by atomic mass is 79.9. The summed E-state index contributed by atoms with van der Waals surface area (Å²) in [6.45, 7) is 3.80. The van der Waals surface area contributed by atoms with E-state index >= 15 is 0 Å². The second-order valence-corrected chi connectivity index (χ2v) is 6.47. The Morgan fingerprint density at radius 1 is 1.14 bits per heavy atom. The number of rotatable bonds is 3. The summed E-state index contributed by atoms with van der Waals surface area (Å²) in [5.74, 6) is 0. The molecule has 2 aromatic carbocycles. The summed E-state index contributed by atoms with van der Waals surface area (Å²) in [6.07, 6.45) is -0.607. The first-order chi connectivity index (χ1) is 10.6. The quantitative estimate of drug-likeness (QED) is 0.880. The molecule has 2 N–H and O–H groups in total. The first-order valence-electron chi connectivity index (χ1n) is 7.52. The number of hydrogen-bond donors (Lipinski definition) is 2. The summed E-state index contributed by atoms with van der Waals surface area (Å²) in [6, 6.07) is 16.3. The van der Waals surface area contributed by atoms with E-state index in [1.165, 1.54) is 0 Å². The molecule has 0 radical (unpaired) electrons. The summed E-state index contributed by atoms with van der Waals surface area (Å²) in [7, 11) is 0. The van der Waals surface area contributed by atoms with Crippen molar-refractivity contribution >= 4 is 15.9 Å². The summed E-state index contributed by atoms with van der Waals surface area (Å²) in [5.41, 5.74) is 2.49. The van der Waals surface area contributed by atoms with Gasteiger partial charge in [0.25, 0.3) is 0 Å². The minimum atomic E-state index is -0.718. The molecule has 2 unspecified atom stereocenters. The monoisotopic (exact) mass is 361 g/mol. The van der Waals surface area contributed by atoms with Crippen molar-refractivity contribution in [3.63, 3.8) is 0 Å². The maximum atomic E-state index is 10.4. The number of ether oxygens (including phenoxy) is 1. The maximum absolute atomic E-state index is 10.4. The molecule has 3 rings (SSSR count). The molecule has 2 aromatic rings. The summed E-state index contributed by atoms with van der Waals surface area (Å²) in [5, 5.41) is 13.8. The Bertz CT molecular complexity index is 651. The van der Waals surface area contributed by atoms with E-state index < -0.39 is 11.7 Å². The Hall–Kier alpha value is -1.20. The summed E-state index contributed by atoms with van der Waals surface area (Å²) >= 11 is 3.63. The topological polar surface area (TPSA) is 41.5 Å². The number of aliphatic hydroxyl groups is 1. The van der Waals surface area contributed by atoms with E-state index in [2.05, 4.69) is 39.4 Å². The van der Waals surface area contributed by atoms with E-state index in [1.807, 2.05) is 30.3 Å². The zero-order valence-corrected chi connectivity index (χ0v) is 14.1. The first kappa shape index (κ1) is 15.7. The largest absolute Gasteiger partial charge is 0.390 e. The third-order valence-corrected chi connectivity index (χ3v) is 4.94. The lowest BCUT2D eigenvalue weighted by atomic mass is 9.82. The minimum Gasteiger partial charge on any atom is -0.390 e. The van der Waals surface area contributed by atoms with Crippen molar-refractivity contribution in [2.75, 3.05) is 19.7 Å². The van der Waals surface area contributed by atoms with Crippen molar-refractivity contribution in [1.29, 1.82) is 0 Å². The Labute approximate surface area is 139 Å². The van der Waals surface area contributed by atoms with Crippen LogP contribution in [0.4, 0.5) is 0 Å². The van der Waals surface area contributed by atoms with Gasteiger partial charge in [0.1, 0.15) is 5.60 Å². The standard InChI is InChI=1S/C18H20BrNO2/c1-13(21)18(12-20-10-11-22-18)16-8-4-2-6-14(16)15-7-3-5-9-17(15)19/h2-9,13,20-21H,10-12H2,1H3. The predicted molar refractivity (Wildman–Crippen MR) is 91.8 cm³/mol. The zero-order valence-electron chi connectivity index (χ0n) is 12.6. The van der Waals surface area contributed by atoms with Crippen LogP contribution in [0.2, 0.25) is 0 Å². The molecule has 0 saturated carbocycles. The van der Waals surface area contributed by atoms with E-state index in [4.69, 9.17) is 4.74 Å². The highest BCUT2D eigenvalue weighted by molar-refractivity contribution is 9.10. The number of benzene rings is 2. The van der Waals surface area contributed by atoms with E-state index in [0.29, 0.717) is 13.2 Å². The van der Waals surface area contributed by atoms with Gasteiger partial charge in [0, 0.05) is 17.6 Å². The summed E-state index contributed by atoms with van der Waals surface area (Å²) < 4.78 is 7.12. The number of halogens is 1. The van der Waals surface area contributed by atoms with Gasteiger partial charge < -0.3 is 15.2 Å². The Kier molecular flexibility index (Phi) is 4.64. The SMILES string of the molecule is CC(O)C1(c2ccccc2-c2ccccc2Br)CNCCO1. The van der Waals surface area contributed by atoms with Crippen LogP contribution in [-0.4, -0.2) is 30.9 Å². The van der Waals surface area contributed by atoms with Crippen molar-refractivity contribution in [3.05, 3.63) is 58.6 Å². The molecule has 1 heterocycles. The molecule has 116 valence electrons. The van der Waals surface area contributed by atoms with Gasteiger partial charge in [-0.2, -0.15) is 0 Å². The van der Waals surface area contributed by atoms with Gasteiger partial charge in [-0.1, -0.05) is 58.4 Å². The van der Waals surface area contributed by atoms with Crippen LogP contribution in [0.1, 0.15) is 12.5 Å². The first-order valence-corrected chi connectivity index (χ1v) is 8.31. The lowest BCUT2D eigenvalue weighted by Gasteiger charge is -2.41. The van der Waals surface area contributed by atoms with Crippen LogP contribution >= 0.6 is 15.9 Å². The maximum Gasteiger partial charge on any atom is 0.132 e. The lowest BCUT2D eigenvalue weighted by Crippen LogP contribution is -2.53. The van der Waals surface area contributed by atoms with E-state index in [9.17, 15) is 5.11 Å². The predicted octanol–water partition coefficient (Wildman–Crippen LogP) is 3.31. The van der Waals surface area contributed by atoms with Crippen LogP contribution in [0.15, 0.2) is 53.0 Å². The van der Waals surface area contributed by atoms with E-state index in [1.54, 1.807) is 6.92 Å². The average molecular weight is 362 g/mol. The van der Waals surface area contributed by atoms with Crippen molar-refractivity contribution < 1.29 is 9.84 Å². The molecule has 4 heteroatoms. The lowest BCUT2D eigenvalue weighted by molar-refractivity contribution is -0.137. The van der Waals surface area contributed by atoms with Crippen molar-refractivity contribution in [2.45, 2.75) is 18.6 Å². The third-order valence-electron chi connectivity index (χ3n) is 4.25. The van der Waals surface area contributed by atoms with Gasteiger partial charge in [0.2, 0.25) is 0 Å². The Balaban J connectivity index is 2.17. The highest BCUT2D eigenvalue weighted by Crippen LogP contribution is 2.39. The smallest absolute Gasteiger partial charge is 0.132 e. The Morgan fingerprint density at radius 2 is 1.82 bits per heavy atom. The molecule has 1 aliphatic rings. The molecule has 1 saturated heterocycles. The third kappa shape index (κ3) is 2.72. The van der Waals surface area contributed by atoms with Gasteiger partial charge in [-0.15, -0.1) is 0 Å². The molecular weight excluding hydrogens is 342 g/mol. The molecule has 3 nitrogen and oxygen atoms in total. The highest BCUT2D eigenvalue weighted by Gasteiger charge is 2.41. The van der Waals surface area contributed by atoms with Gasteiger partial charge in [0.15, 0.2) is 0 Å². The molecule has 0 aliphatic carbocycles. The van der Waals surface area contributed by atoms with Gasteiger partial charge in [-0.3, -0.25) is 0 Å². The van der Waals surface area contributed by atoms with Crippen molar-refractivity contribution in [3.8, 4) is 11.1 Å². The number of hydrogen-bond acceptors (Lipinski definition) is 3. The molecule has 0 amide bonds. The van der Waals surface area contributed by atoms with Gasteiger partial charge >= 0.3 is 0 Å². The van der Waals surface area contributed by atoms with E-state index in [-0.39, 0.29) is 0 Å². The fourth-order valence-electron chi connectivity index (χ4n) is 3.06. The fraction of sp³-hybridized carbons (Fsp3) is 0.333.